The third kappa shape index (κ3) is 2.75. The summed E-state index contributed by atoms with van der Waals surface area (Å²) in [6.45, 7) is 1.94. The van der Waals surface area contributed by atoms with Crippen LogP contribution in [0.1, 0.15) is 37.4 Å². The molecule has 0 spiro atoms. The molecule has 1 aliphatic carbocycles. The Morgan fingerprint density at radius 1 is 1.47 bits per heavy atom. The SMILES string of the molecule is C[C@H](N)c1ccc(Sc2nnnn2C2CC2)c(Cl)c1. The average Bonchev–Trinajstić information content (AvgIpc) is 3.12. The quantitative estimate of drug-likeness (QED) is 0.939. The molecule has 1 fully saturated rings. The zero-order chi connectivity index (χ0) is 13.4. The smallest absolute Gasteiger partial charge is 0.214 e. The minimum Gasteiger partial charge on any atom is -0.324 e. The molecule has 0 aliphatic heterocycles. The molecule has 1 aliphatic rings. The Kier molecular flexibility index (Phi) is 3.47. The average molecular weight is 296 g/mol. The Labute approximate surface area is 120 Å². The van der Waals surface area contributed by atoms with Crippen LogP contribution in [-0.2, 0) is 0 Å². The van der Waals surface area contributed by atoms with Crippen LogP contribution < -0.4 is 5.73 Å². The number of hydrogen-bond donors (Lipinski definition) is 1. The van der Waals surface area contributed by atoms with Gasteiger partial charge in [0.15, 0.2) is 0 Å². The normalized spacial score (nSPS) is 16.6. The van der Waals surface area contributed by atoms with Crippen molar-refractivity contribution in [3.05, 3.63) is 28.8 Å². The van der Waals surface area contributed by atoms with Crippen molar-refractivity contribution in [3.8, 4) is 0 Å². The topological polar surface area (TPSA) is 69.6 Å². The van der Waals surface area contributed by atoms with Crippen LogP contribution in [0.4, 0.5) is 0 Å². The highest BCUT2D eigenvalue weighted by atomic mass is 35.5. The molecule has 0 bridgehead atoms. The van der Waals surface area contributed by atoms with Crippen molar-refractivity contribution in [3.63, 3.8) is 0 Å². The van der Waals surface area contributed by atoms with Gasteiger partial charge in [-0.1, -0.05) is 17.7 Å². The summed E-state index contributed by atoms with van der Waals surface area (Å²) in [6.07, 6.45) is 2.30. The second kappa shape index (κ2) is 5.11. The molecule has 100 valence electrons. The van der Waals surface area contributed by atoms with E-state index in [1.54, 1.807) is 0 Å². The highest BCUT2D eigenvalue weighted by molar-refractivity contribution is 7.99. The molecule has 1 aromatic carbocycles. The molecular weight excluding hydrogens is 282 g/mol. The third-order valence-electron chi connectivity index (χ3n) is 3.04. The second-order valence-corrected chi connectivity index (χ2v) is 6.13. The molecule has 3 rings (SSSR count). The predicted molar refractivity (Wildman–Crippen MR) is 74.3 cm³/mol. The van der Waals surface area contributed by atoms with Gasteiger partial charge in [-0.15, -0.1) is 5.10 Å². The van der Waals surface area contributed by atoms with Crippen LogP contribution >= 0.6 is 23.4 Å². The van der Waals surface area contributed by atoms with Crippen LogP contribution in [0.3, 0.4) is 0 Å². The molecule has 7 heteroatoms. The number of nitrogens with zero attached hydrogens (tertiary/aromatic N) is 4. The first-order chi connectivity index (χ1) is 9.15. The van der Waals surface area contributed by atoms with E-state index in [1.165, 1.54) is 11.8 Å². The maximum Gasteiger partial charge on any atom is 0.214 e. The molecular formula is C12H14ClN5S. The second-order valence-electron chi connectivity index (χ2n) is 4.72. The van der Waals surface area contributed by atoms with Crippen molar-refractivity contribution in [2.45, 2.75) is 41.9 Å². The molecule has 1 saturated carbocycles. The summed E-state index contributed by atoms with van der Waals surface area (Å²) in [5, 5.41) is 13.3. The first-order valence-electron chi connectivity index (χ1n) is 6.16. The minimum atomic E-state index is -0.0201. The third-order valence-corrected chi connectivity index (χ3v) is 4.49. The Hall–Kier alpha value is -1.11. The lowest BCUT2D eigenvalue weighted by Gasteiger charge is -2.09. The molecule has 1 heterocycles. The van der Waals surface area contributed by atoms with Gasteiger partial charge < -0.3 is 5.73 Å². The zero-order valence-electron chi connectivity index (χ0n) is 10.5. The van der Waals surface area contributed by atoms with Gasteiger partial charge in [0.25, 0.3) is 0 Å². The minimum absolute atomic E-state index is 0.0201. The first-order valence-corrected chi connectivity index (χ1v) is 7.35. The molecule has 2 N–H and O–H groups in total. The van der Waals surface area contributed by atoms with Gasteiger partial charge in [0.05, 0.1) is 11.1 Å². The van der Waals surface area contributed by atoms with Crippen LogP contribution in [0.2, 0.25) is 5.02 Å². The van der Waals surface area contributed by atoms with Crippen LogP contribution in [0.15, 0.2) is 28.3 Å². The Morgan fingerprint density at radius 2 is 2.26 bits per heavy atom. The fourth-order valence-electron chi connectivity index (χ4n) is 1.78. The number of aromatic nitrogens is 4. The van der Waals surface area contributed by atoms with Gasteiger partial charge in [-0.25, -0.2) is 4.68 Å². The van der Waals surface area contributed by atoms with E-state index < -0.39 is 0 Å². The standard InChI is InChI=1S/C12H14ClN5S/c1-7(14)8-2-5-11(10(13)6-8)19-12-15-16-17-18(12)9-3-4-9/h2,5-7,9H,3-4,14H2,1H3/t7-/m0/s1. The van der Waals surface area contributed by atoms with Gasteiger partial charge in [-0.2, -0.15) is 0 Å². The Morgan fingerprint density at radius 3 is 2.89 bits per heavy atom. The van der Waals surface area contributed by atoms with E-state index in [1.807, 2.05) is 29.8 Å². The van der Waals surface area contributed by atoms with E-state index in [2.05, 4.69) is 15.5 Å². The van der Waals surface area contributed by atoms with Gasteiger partial charge in [0, 0.05) is 10.9 Å². The Balaban J connectivity index is 1.84. The van der Waals surface area contributed by atoms with E-state index in [0.717, 1.165) is 28.5 Å². The summed E-state index contributed by atoms with van der Waals surface area (Å²) in [5.74, 6) is 0. The fraction of sp³-hybridized carbons (Fsp3) is 0.417. The molecule has 19 heavy (non-hydrogen) atoms. The molecule has 5 nitrogen and oxygen atoms in total. The molecule has 2 aromatic rings. The lowest BCUT2D eigenvalue weighted by Crippen LogP contribution is -2.04. The number of halogens is 1. The number of hydrogen-bond acceptors (Lipinski definition) is 5. The number of rotatable bonds is 4. The summed E-state index contributed by atoms with van der Waals surface area (Å²) < 4.78 is 1.88. The lowest BCUT2D eigenvalue weighted by atomic mass is 10.1. The maximum absolute atomic E-state index is 6.28. The number of tetrazole rings is 1. The van der Waals surface area contributed by atoms with Crippen molar-refractivity contribution in [1.82, 2.24) is 20.2 Å². The summed E-state index contributed by atoms with van der Waals surface area (Å²) in [6, 6.07) is 6.30. The molecule has 0 unspecified atom stereocenters. The van der Waals surface area contributed by atoms with E-state index in [4.69, 9.17) is 17.3 Å². The van der Waals surface area contributed by atoms with Crippen LogP contribution in [-0.4, -0.2) is 20.2 Å². The molecule has 0 radical (unpaired) electrons. The van der Waals surface area contributed by atoms with E-state index in [0.29, 0.717) is 11.1 Å². The largest absolute Gasteiger partial charge is 0.324 e. The van der Waals surface area contributed by atoms with Crippen molar-refractivity contribution in [1.29, 1.82) is 0 Å². The Bertz CT molecular complexity index is 594. The number of benzene rings is 1. The molecule has 1 atom stereocenters. The highest BCUT2D eigenvalue weighted by Crippen LogP contribution is 2.39. The van der Waals surface area contributed by atoms with Crippen molar-refractivity contribution in [2.24, 2.45) is 5.73 Å². The summed E-state index contributed by atoms with van der Waals surface area (Å²) in [7, 11) is 0. The van der Waals surface area contributed by atoms with E-state index in [9.17, 15) is 0 Å². The molecule has 0 amide bonds. The van der Waals surface area contributed by atoms with E-state index in [-0.39, 0.29) is 6.04 Å². The van der Waals surface area contributed by atoms with Crippen LogP contribution in [0.5, 0.6) is 0 Å². The van der Waals surface area contributed by atoms with Crippen LogP contribution in [0.25, 0.3) is 0 Å². The van der Waals surface area contributed by atoms with Gasteiger partial charge in [0.1, 0.15) is 0 Å². The van der Waals surface area contributed by atoms with Gasteiger partial charge in [0.2, 0.25) is 5.16 Å². The molecule has 0 saturated heterocycles. The summed E-state index contributed by atoms with van der Waals surface area (Å²) >= 11 is 7.77. The fourth-order valence-corrected chi connectivity index (χ4v) is 2.93. The van der Waals surface area contributed by atoms with Crippen LogP contribution in [0, 0.1) is 0 Å². The first kappa shape index (κ1) is 12.9. The van der Waals surface area contributed by atoms with Crippen molar-refractivity contribution >= 4 is 23.4 Å². The monoisotopic (exact) mass is 295 g/mol. The predicted octanol–water partition coefficient (Wildman–Crippen LogP) is 2.83. The summed E-state index contributed by atoms with van der Waals surface area (Å²) in [5.41, 5.74) is 6.86. The maximum atomic E-state index is 6.28. The zero-order valence-corrected chi connectivity index (χ0v) is 12.0. The van der Waals surface area contributed by atoms with Gasteiger partial charge >= 0.3 is 0 Å². The summed E-state index contributed by atoms with van der Waals surface area (Å²) in [4.78, 5) is 0.947. The highest BCUT2D eigenvalue weighted by Gasteiger charge is 2.28. The van der Waals surface area contributed by atoms with E-state index >= 15 is 0 Å². The van der Waals surface area contributed by atoms with Gasteiger partial charge in [-0.05, 0) is 59.7 Å². The van der Waals surface area contributed by atoms with Crippen molar-refractivity contribution in [2.75, 3.05) is 0 Å². The van der Waals surface area contributed by atoms with Gasteiger partial charge in [-0.3, -0.25) is 0 Å². The number of nitrogens with two attached hydrogens (primary N) is 1. The lowest BCUT2D eigenvalue weighted by molar-refractivity contribution is 0.565. The van der Waals surface area contributed by atoms with Crippen molar-refractivity contribution < 1.29 is 0 Å². The molecule has 1 aromatic heterocycles.